The Bertz CT molecular complexity index is 1210. The van der Waals surface area contributed by atoms with Crippen molar-refractivity contribution in [2.75, 3.05) is 23.4 Å². The molecule has 0 bridgehead atoms. The van der Waals surface area contributed by atoms with Gasteiger partial charge in [-0.1, -0.05) is 82.7 Å². The molecule has 0 spiro atoms. The number of halogens is 1. The number of nitrogens with zero attached hydrogens (tertiary/aromatic N) is 2. The number of hydrogen-bond donors (Lipinski definition) is 1. The number of para-hydroxylation sites is 1. The van der Waals surface area contributed by atoms with Crippen LogP contribution >= 0.6 is 15.9 Å². The Morgan fingerprint density at radius 1 is 0.839 bits per heavy atom. The predicted octanol–water partition coefficient (Wildman–Crippen LogP) is 7.56. The summed E-state index contributed by atoms with van der Waals surface area (Å²) in [6, 6.07) is 29.6. The van der Waals surface area contributed by atoms with E-state index in [1.807, 2.05) is 12.3 Å². The van der Waals surface area contributed by atoms with Gasteiger partial charge in [-0.05, 0) is 48.4 Å². The summed E-state index contributed by atoms with van der Waals surface area (Å²) in [4.78, 5) is 2.32. The quantitative estimate of drug-likeness (QED) is 0.222. The normalized spacial score (nSPS) is 11.2. The molecule has 0 radical (unpaired) electrons. The summed E-state index contributed by atoms with van der Waals surface area (Å²) in [5.74, 6) is 0. The van der Waals surface area contributed by atoms with Crippen LogP contribution in [-0.4, -0.2) is 19.3 Å². The van der Waals surface area contributed by atoms with Gasteiger partial charge in [0.25, 0.3) is 0 Å². The molecule has 1 N–H and O–H groups in total. The van der Waals surface area contributed by atoms with Crippen LogP contribution in [0.15, 0.2) is 94.5 Å². The maximum atomic E-state index is 4.54. The number of hydrazone groups is 1. The molecule has 31 heavy (non-hydrogen) atoms. The Morgan fingerprint density at radius 2 is 1.55 bits per heavy atom. The van der Waals surface area contributed by atoms with Crippen molar-refractivity contribution in [3.05, 3.63) is 95.0 Å². The van der Waals surface area contributed by atoms with Crippen LogP contribution in [0.25, 0.3) is 21.9 Å². The number of anilines is 2. The lowest BCUT2D eigenvalue weighted by atomic mass is 9.97. The van der Waals surface area contributed by atoms with E-state index in [1.54, 1.807) is 0 Å². The topological polar surface area (TPSA) is 27.6 Å². The Hall–Kier alpha value is -3.11. The second-order valence-electron chi connectivity index (χ2n) is 7.32. The van der Waals surface area contributed by atoms with Crippen LogP contribution in [0.5, 0.6) is 0 Å². The second-order valence-corrected chi connectivity index (χ2v) is 8.17. The van der Waals surface area contributed by atoms with Crippen molar-refractivity contribution in [3.63, 3.8) is 0 Å². The van der Waals surface area contributed by atoms with Crippen LogP contribution in [-0.2, 0) is 0 Å². The molecule has 0 unspecified atom stereocenters. The number of fused-ring (bicyclic) bond motifs is 1. The van der Waals surface area contributed by atoms with E-state index in [9.17, 15) is 0 Å². The van der Waals surface area contributed by atoms with Gasteiger partial charge in [0.15, 0.2) is 0 Å². The standard InChI is InChI=1S/C27H26BrN3/c1-3-31(4-2)22-17-16-21(26(28)18-22)19-29-30-27-15-8-7-13-25(27)24-14-9-11-20-10-5-6-12-23(20)24/h5-19,30H,3-4H2,1-2H3/b29-19+. The van der Waals surface area contributed by atoms with Crippen molar-refractivity contribution in [1.29, 1.82) is 0 Å². The molecule has 0 amide bonds. The van der Waals surface area contributed by atoms with Gasteiger partial charge >= 0.3 is 0 Å². The zero-order valence-electron chi connectivity index (χ0n) is 17.8. The third-order valence-electron chi connectivity index (χ3n) is 5.51. The van der Waals surface area contributed by atoms with E-state index in [4.69, 9.17) is 0 Å². The maximum absolute atomic E-state index is 4.54. The van der Waals surface area contributed by atoms with Crippen molar-refractivity contribution >= 4 is 44.3 Å². The third kappa shape index (κ3) is 4.64. The van der Waals surface area contributed by atoms with E-state index in [0.717, 1.165) is 34.4 Å². The van der Waals surface area contributed by atoms with Crippen molar-refractivity contribution in [3.8, 4) is 11.1 Å². The number of rotatable bonds is 7. The minimum atomic E-state index is 0.978. The van der Waals surface area contributed by atoms with E-state index in [2.05, 4.69) is 124 Å². The fourth-order valence-corrected chi connectivity index (χ4v) is 4.32. The number of nitrogens with one attached hydrogen (secondary N) is 1. The van der Waals surface area contributed by atoms with Crippen LogP contribution < -0.4 is 10.3 Å². The van der Waals surface area contributed by atoms with E-state index >= 15 is 0 Å². The summed E-state index contributed by atoms with van der Waals surface area (Å²) in [5.41, 5.74) is 8.80. The van der Waals surface area contributed by atoms with Crippen LogP contribution in [0.2, 0.25) is 0 Å². The monoisotopic (exact) mass is 471 g/mol. The molecule has 4 aromatic rings. The van der Waals surface area contributed by atoms with Gasteiger partial charge in [0.05, 0.1) is 11.9 Å². The molecule has 0 fully saturated rings. The molecule has 0 saturated carbocycles. The smallest absolute Gasteiger partial charge is 0.0640 e. The molecule has 0 aliphatic rings. The van der Waals surface area contributed by atoms with Crippen LogP contribution in [0.4, 0.5) is 11.4 Å². The molecule has 4 aromatic carbocycles. The lowest BCUT2D eigenvalue weighted by Gasteiger charge is -2.21. The second kappa shape index (κ2) is 9.80. The van der Waals surface area contributed by atoms with E-state index in [1.165, 1.54) is 22.0 Å². The average Bonchev–Trinajstić information content (AvgIpc) is 2.81. The highest BCUT2D eigenvalue weighted by Crippen LogP contribution is 2.33. The summed E-state index contributed by atoms with van der Waals surface area (Å²) in [5, 5.41) is 7.00. The van der Waals surface area contributed by atoms with E-state index in [0.29, 0.717) is 0 Å². The summed E-state index contributed by atoms with van der Waals surface area (Å²) < 4.78 is 1.03. The predicted molar refractivity (Wildman–Crippen MR) is 138 cm³/mol. The van der Waals surface area contributed by atoms with Crippen molar-refractivity contribution in [2.24, 2.45) is 5.10 Å². The zero-order chi connectivity index (χ0) is 21.6. The third-order valence-corrected chi connectivity index (χ3v) is 6.19. The molecule has 3 nitrogen and oxygen atoms in total. The first kappa shape index (κ1) is 21.1. The molecule has 0 aliphatic heterocycles. The highest BCUT2D eigenvalue weighted by molar-refractivity contribution is 9.10. The highest BCUT2D eigenvalue weighted by atomic mass is 79.9. The molecular weight excluding hydrogens is 446 g/mol. The molecule has 0 aromatic heterocycles. The first-order valence-electron chi connectivity index (χ1n) is 10.6. The summed E-state index contributed by atoms with van der Waals surface area (Å²) >= 11 is 3.69. The molecule has 4 rings (SSSR count). The van der Waals surface area contributed by atoms with Gasteiger partial charge in [-0.3, -0.25) is 5.43 Å². The van der Waals surface area contributed by atoms with Gasteiger partial charge in [0.2, 0.25) is 0 Å². The van der Waals surface area contributed by atoms with Gasteiger partial charge in [-0.15, -0.1) is 0 Å². The Labute approximate surface area is 192 Å². The molecule has 156 valence electrons. The summed E-state index contributed by atoms with van der Waals surface area (Å²) in [7, 11) is 0. The van der Waals surface area contributed by atoms with E-state index < -0.39 is 0 Å². The van der Waals surface area contributed by atoms with Crippen LogP contribution in [0, 0.1) is 0 Å². The average molecular weight is 472 g/mol. The molecule has 0 heterocycles. The number of benzene rings is 4. The molecule has 0 saturated heterocycles. The minimum absolute atomic E-state index is 0.978. The number of hydrogen-bond acceptors (Lipinski definition) is 3. The van der Waals surface area contributed by atoms with Gasteiger partial charge in [0.1, 0.15) is 0 Å². The van der Waals surface area contributed by atoms with Crippen molar-refractivity contribution < 1.29 is 0 Å². The molecular formula is C27H26BrN3. The largest absolute Gasteiger partial charge is 0.372 e. The summed E-state index contributed by atoms with van der Waals surface area (Å²) in [6.45, 7) is 6.32. The van der Waals surface area contributed by atoms with Crippen molar-refractivity contribution in [1.82, 2.24) is 0 Å². The fourth-order valence-electron chi connectivity index (χ4n) is 3.85. The zero-order valence-corrected chi connectivity index (χ0v) is 19.4. The lowest BCUT2D eigenvalue weighted by Crippen LogP contribution is -2.21. The first-order chi connectivity index (χ1) is 15.2. The Morgan fingerprint density at radius 3 is 2.35 bits per heavy atom. The molecule has 0 aliphatic carbocycles. The van der Waals surface area contributed by atoms with E-state index in [-0.39, 0.29) is 0 Å². The van der Waals surface area contributed by atoms with Gasteiger partial charge < -0.3 is 4.90 Å². The lowest BCUT2D eigenvalue weighted by molar-refractivity contribution is 0.866. The molecule has 0 atom stereocenters. The maximum Gasteiger partial charge on any atom is 0.0640 e. The van der Waals surface area contributed by atoms with Crippen LogP contribution in [0.1, 0.15) is 19.4 Å². The van der Waals surface area contributed by atoms with Gasteiger partial charge in [-0.2, -0.15) is 5.10 Å². The Kier molecular flexibility index (Phi) is 6.68. The van der Waals surface area contributed by atoms with Gasteiger partial charge in [-0.25, -0.2) is 0 Å². The summed E-state index contributed by atoms with van der Waals surface area (Å²) in [6.07, 6.45) is 1.86. The highest BCUT2D eigenvalue weighted by Gasteiger charge is 2.08. The molecule has 4 heteroatoms. The SMILES string of the molecule is CCN(CC)c1ccc(/C=N/Nc2ccccc2-c2cccc3ccccc23)c(Br)c1. The first-order valence-corrected chi connectivity index (χ1v) is 11.4. The van der Waals surface area contributed by atoms with Gasteiger partial charge in [0, 0.05) is 34.4 Å². The van der Waals surface area contributed by atoms with Crippen LogP contribution in [0.3, 0.4) is 0 Å². The van der Waals surface area contributed by atoms with Crippen molar-refractivity contribution in [2.45, 2.75) is 13.8 Å². The Balaban J connectivity index is 1.60. The minimum Gasteiger partial charge on any atom is -0.372 e. The fraction of sp³-hybridized carbons (Fsp3) is 0.148.